The SMILES string of the molecule is O=C(O)/C=C/c1c(Cl)cccc1OC1CCS(=O)(=O)C1. The Balaban J connectivity index is 2.24. The number of aliphatic carboxylic acids is 1. The van der Waals surface area contributed by atoms with Gasteiger partial charge in [-0.15, -0.1) is 0 Å². The van der Waals surface area contributed by atoms with E-state index in [1.165, 1.54) is 6.08 Å². The Morgan fingerprint density at radius 2 is 2.20 bits per heavy atom. The van der Waals surface area contributed by atoms with Crippen LogP contribution in [-0.4, -0.2) is 37.1 Å². The van der Waals surface area contributed by atoms with Crippen molar-refractivity contribution in [2.24, 2.45) is 0 Å². The van der Waals surface area contributed by atoms with E-state index in [2.05, 4.69) is 0 Å². The molecular formula is C13H13ClO5S. The highest BCUT2D eigenvalue weighted by Gasteiger charge is 2.29. The summed E-state index contributed by atoms with van der Waals surface area (Å²) in [6, 6.07) is 4.92. The predicted molar refractivity (Wildman–Crippen MR) is 75.8 cm³/mol. The Morgan fingerprint density at radius 3 is 2.80 bits per heavy atom. The number of hydrogen-bond acceptors (Lipinski definition) is 4. The fraction of sp³-hybridized carbons (Fsp3) is 0.308. The van der Waals surface area contributed by atoms with Gasteiger partial charge >= 0.3 is 5.97 Å². The van der Waals surface area contributed by atoms with Gasteiger partial charge in [-0.2, -0.15) is 0 Å². The number of ether oxygens (including phenoxy) is 1. The van der Waals surface area contributed by atoms with Gasteiger partial charge in [0, 0.05) is 11.6 Å². The van der Waals surface area contributed by atoms with E-state index < -0.39 is 21.9 Å². The summed E-state index contributed by atoms with van der Waals surface area (Å²) in [5, 5.41) is 9.01. The Morgan fingerprint density at radius 1 is 1.45 bits per heavy atom. The third kappa shape index (κ3) is 3.74. The van der Waals surface area contributed by atoms with Gasteiger partial charge in [0.15, 0.2) is 9.84 Å². The summed E-state index contributed by atoms with van der Waals surface area (Å²) in [5.41, 5.74) is 0.431. The Bertz CT molecular complexity index is 651. The second kappa shape index (κ2) is 5.85. The Hall–Kier alpha value is -1.53. The molecule has 20 heavy (non-hydrogen) atoms. The van der Waals surface area contributed by atoms with Crippen molar-refractivity contribution in [3.05, 3.63) is 34.9 Å². The zero-order valence-corrected chi connectivity index (χ0v) is 12.0. The lowest BCUT2D eigenvalue weighted by atomic mass is 10.1. The van der Waals surface area contributed by atoms with Crippen molar-refractivity contribution < 1.29 is 23.1 Å². The Kier molecular flexibility index (Phi) is 4.35. The van der Waals surface area contributed by atoms with Crippen molar-refractivity contribution in [2.45, 2.75) is 12.5 Å². The van der Waals surface area contributed by atoms with Gasteiger partial charge in [0.05, 0.1) is 16.5 Å². The molecular weight excluding hydrogens is 304 g/mol. The summed E-state index contributed by atoms with van der Waals surface area (Å²) in [5.74, 6) is -0.628. The van der Waals surface area contributed by atoms with E-state index in [0.29, 0.717) is 22.8 Å². The highest BCUT2D eigenvalue weighted by Crippen LogP contribution is 2.30. The van der Waals surface area contributed by atoms with Gasteiger partial charge in [-0.3, -0.25) is 0 Å². The normalized spacial score (nSPS) is 21.1. The van der Waals surface area contributed by atoms with Crippen LogP contribution in [0.4, 0.5) is 0 Å². The molecule has 0 bridgehead atoms. The van der Waals surface area contributed by atoms with Crippen LogP contribution in [0.25, 0.3) is 6.08 Å². The first kappa shape index (κ1) is 14.9. The van der Waals surface area contributed by atoms with E-state index in [9.17, 15) is 13.2 Å². The molecule has 0 amide bonds. The van der Waals surface area contributed by atoms with Crippen molar-refractivity contribution in [1.82, 2.24) is 0 Å². The second-order valence-corrected chi connectivity index (χ2v) is 7.10. The molecule has 1 aliphatic rings. The predicted octanol–water partition coefficient (Wildman–Crippen LogP) is 2.00. The topological polar surface area (TPSA) is 80.7 Å². The first-order valence-electron chi connectivity index (χ1n) is 5.94. The highest BCUT2D eigenvalue weighted by atomic mass is 35.5. The molecule has 7 heteroatoms. The van der Waals surface area contributed by atoms with Crippen LogP contribution in [0.15, 0.2) is 24.3 Å². The third-order valence-electron chi connectivity index (χ3n) is 2.89. The van der Waals surface area contributed by atoms with Gasteiger partial charge in [0.1, 0.15) is 11.9 Å². The minimum atomic E-state index is -3.03. The van der Waals surface area contributed by atoms with Gasteiger partial charge in [0.2, 0.25) is 0 Å². The molecule has 0 spiro atoms. The molecule has 5 nitrogen and oxygen atoms in total. The molecule has 1 aliphatic heterocycles. The highest BCUT2D eigenvalue weighted by molar-refractivity contribution is 7.91. The summed E-state index contributed by atoms with van der Waals surface area (Å²) >= 11 is 6.01. The molecule has 1 saturated heterocycles. The molecule has 0 saturated carbocycles. The number of hydrogen-bond donors (Lipinski definition) is 1. The van der Waals surface area contributed by atoms with Gasteiger partial charge in [-0.1, -0.05) is 17.7 Å². The first-order valence-corrected chi connectivity index (χ1v) is 8.14. The van der Waals surface area contributed by atoms with Crippen molar-refractivity contribution in [1.29, 1.82) is 0 Å². The molecule has 1 unspecified atom stereocenters. The molecule has 0 radical (unpaired) electrons. The summed E-state index contributed by atoms with van der Waals surface area (Å²) < 4.78 is 28.4. The van der Waals surface area contributed by atoms with Gasteiger partial charge < -0.3 is 9.84 Å². The lowest BCUT2D eigenvalue weighted by Gasteiger charge is -2.15. The van der Waals surface area contributed by atoms with Crippen molar-refractivity contribution >= 4 is 33.5 Å². The number of rotatable bonds is 4. The number of sulfone groups is 1. The van der Waals surface area contributed by atoms with Crippen LogP contribution in [0.5, 0.6) is 5.75 Å². The largest absolute Gasteiger partial charge is 0.489 e. The minimum Gasteiger partial charge on any atom is -0.489 e. The monoisotopic (exact) mass is 316 g/mol. The van der Waals surface area contributed by atoms with Crippen LogP contribution >= 0.6 is 11.6 Å². The zero-order chi connectivity index (χ0) is 14.8. The first-order chi connectivity index (χ1) is 9.37. The molecule has 1 heterocycles. The van der Waals surface area contributed by atoms with Crippen molar-refractivity contribution in [3.63, 3.8) is 0 Å². The number of carboxylic acids is 1. The summed E-state index contributed by atoms with van der Waals surface area (Å²) in [7, 11) is -3.03. The number of carbonyl (C=O) groups is 1. The maximum atomic E-state index is 11.4. The molecule has 0 aromatic heterocycles. The summed E-state index contributed by atoms with van der Waals surface area (Å²) in [6.45, 7) is 0. The molecule has 108 valence electrons. The molecule has 2 rings (SSSR count). The number of benzene rings is 1. The number of halogens is 1. The quantitative estimate of drug-likeness (QED) is 0.859. The fourth-order valence-corrected chi connectivity index (χ4v) is 3.79. The molecule has 1 N–H and O–H groups in total. The van der Waals surface area contributed by atoms with Crippen LogP contribution in [0.1, 0.15) is 12.0 Å². The molecule has 0 aliphatic carbocycles. The molecule has 1 fully saturated rings. The molecule has 1 aromatic rings. The van der Waals surface area contributed by atoms with E-state index in [-0.39, 0.29) is 11.5 Å². The maximum Gasteiger partial charge on any atom is 0.328 e. The fourth-order valence-electron chi connectivity index (χ4n) is 1.97. The summed E-state index contributed by atoms with van der Waals surface area (Å²) in [4.78, 5) is 10.6. The average molecular weight is 317 g/mol. The van der Waals surface area contributed by atoms with E-state index in [4.69, 9.17) is 21.4 Å². The third-order valence-corrected chi connectivity index (χ3v) is 4.96. The van der Waals surface area contributed by atoms with Crippen molar-refractivity contribution in [2.75, 3.05) is 11.5 Å². The second-order valence-electron chi connectivity index (χ2n) is 4.47. The zero-order valence-electron chi connectivity index (χ0n) is 10.5. The molecule has 1 aromatic carbocycles. The van der Waals surface area contributed by atoms with Crippen LogP contribution < -0.4 is 4.74 Å². The maximum absolute atomic E-state index is 11.4. The van der Waals surface area contributed by atoms with Crippen LogP contribution in [0, 0.1) is 0 Å². The average Bonchev–Trinajstić information content (AvgIpc) is 2.67. The van der Waals surface area contributed by atoms with E-state index in [1.807, 2.05) is 0 Å². The standard InChI is InChI=1S/C13H13ClO5S/c14-11-2-1-3-12(10(11)4-5-13(15)16)19-9-6-7-20(17,18)8-9/h1-5,9H,6-8H2,(H,15,16)/b5-4+. The molecule has 1 atom stereocenters. The Labute approximate surface area is 121 Å². The summed E-state index contributed by atoms with van der Waals surface area (Å²) in [6.07, 6.45) is 2.30. The van der Waals surface area contributed by atoms with Crippen molar-refractivity contribution in [3.8, 4) is 5.75 Å². The number of carboxylic acid groups (broad SMARTS) is 1. The van der Waals surface area contributed by atoms with Crippen LogP contribution in [-0.2, 0) is 14.6 Å². The lowest BCUT2D eigenvalue weighted by Crippen LogP contribution is -2.18. The van der Waals surface area contributed by atoms with Gasteiger partial charge in [-0.05, 0) is 24.6 Å². The van der Waals surface area contributed by atoms with Gasteiger partial charge in [-0.25, -0.2) is 13.2 Å². The van der Waals surface area contributed by atoms with Gasteiger partial charge in [0.25, 0.3) is 0 Å². The van der Waals surface area contributed by atoms with Crippen LogP contribution in [0.2, 0.25) is 5.02 Å². The van der Waals surface area contributed by atoms with E-state index in [0.717, 1.165) is 6.08 Å². The van der Waals surface area contributed by atoms with E-state index >= 15 is 0 Å². The van der Waals surface area contributed by atoms with Crippen LogP contribution in [0.3, 0.4) is 0 Å². The smallest absolute Gasteiger partial charge is 0.328 e. The lowest BCUT2D eigenvalue weighted by molar-refractivity contribution is -0.131. The minimum absolute atomic E-state index is 0.0262. The van der Waals surface area contributed by atoms with E-state index in [1.54, 1.807) is 18.2 Å².